The van der Waals surface area contributed by atoms with Gasteiger partial charge >= 0.3 is 0 Å². The Labute approximate surface area is 91.3 Å². The van der Waals surface area contributed by atoms with Gasteiger partial charge in [0, 0.05) is 22.8 Å². The lowest BCUT2D eigenvalue weighted by atomic mass is 10.3. The Balaban J connectivity index is 2.70. The molecule has 1 rings (SSSR count). The zero-order valence-corrected chi connectivity index (χ0v) is 10.2. The van der Waals surface area contributed by atoms with Crippen molar-refractivity contribution in [3.8, 4) is 0 Å². The molecule has 0 fully saturated rings. The third kappa shape index (κ3) is 3.54. The topological polar surface area (TPSA) is 28.2 Å². The highest BCUT2D eigenvalue weighted by atomic mass is 79.9. The summed E-state index contributed by atoms with van der Waals surface area (Å²) in [4.78, 5) is 4.22. The Morgan fingerprint density at radius 2 is 2.23 bits per heavy atom. The molecule has 1 N–H and O–H groups in total. The number of hydrogen-bond donors (Lipinski definition) is 1. The quantitative estimate of drug-likeness (QED) is 0.848. The first-order chi connectivity index (χ1) is 6.09. The van der Waals surface area contributed by atoms with E-state index in [2.05, 4.69) is 25.6 Å². The number of hydrogen-bond acceptors (Lipinski definition) is 4. The summed E-state index contributed by atoms with van der Waals surface area (Å²) in [6.45, 7) is 1.98. The smallest absolute Gasteiger partial charge is 0.0676 e. The van der Waals surface area contributed by atoms with Crippen molar-refractivity contribution in [2.75, 3.05) is 18.8 Å². The Bertz CT molecular complexity index is 291. The second-order valence-electron chi connectivity index (χ2n) is 2.79. The molecule has 0 aromatic carbocycles. The van der Waals surface area contributed by atoms with E-state index in [1.807, 2.05) is 31.4 Å². The molecule has 0 saturated heterocycles. The number of anilines is 1. The third-order valence-electron chi connectivity index (χ3n) is 1.39. The molecule has 1 aromatic heterocycles. The van der Waals surface area contributed by atoms with Crippen molar-refractivity contribution in [3.05, 3.63) is 22.4 Å². The average Bonchev–Trinajstić information content (AvgIpc) is 2.06. The average molecular weight is 262 g/mol. The second kappa shape index (κ2) is 4.83. The fraction of sp³-hybridized carbons (Fsp3) is 0.375. The number of halogens is 1. The van der Waals surface area contributed by atoms with Gasteiger partial charge in [0.05, 0.1) is 11.4 Å². The van der Waals surface area contributed by atoms with E-state index in [1.165, 1.54) is 12.1 Å². The van der Waals surface area contributed by atoms with E-state index in [-0.39, 0.29) is 0 Å². The summed E-state index contributed by atoms with van der Waals surface area (Å²) < 4.78 is 6.18. The van der Waals surface area contributed by atoms with Gasteiger partial charge in [-0.25, -0.2) is 4.31 Å². The van der Waals surface area contributed by atoms with Crippen LogP contribution in [-0.2, 0) is 0 Å². The van der Waals surface area contributed by atoms with E-state index in [4.69, 9.17) is 0 Å². The number of nitrogens with one attached hydrogen (secondary N) is 1. The molecule has 3 nitrogen and oxygen atoms in total. The maximum Gasteiger partial charge on any atom is 0.0676 e. The highest BCUT2D eigenvalue weighted by Crippen LogP contribution is 2.21. The van der Waals surface area contributed by atoms with Gasteiger partial charge in [0.25, 0.3) is 0 Å². The molecular formula is C8H12BrN3S. The monoisotopic (exact) mass is 261 g/mol. The predicted molar refractivity (Wildman–Crippen MR) is 61.6 cm³/mol. The first-order valence-corrected chi connectivity index (χ1v) is 5.38. The van der Waals surface area contributed by atoms with Crippen LogP contribution in [0.25, 0.3) is 0 Å². The minimum absolute atomic E-state index is 0.986. The van der Waals surface area contributed by atoms with E-state index < -0.39 is 0 Å². The maximum absolute atomic E-state index is 4.22. The van der Waals surface area contributed by atoms with Gasteiger partial charge in [-0.1, -0.05) is 0 Å². The molecule has 0 bridgehead atoms. The van der Waals surface area contributed by atoms with Crippen LogP contribution in [0.1, 0.15) is 5.69 Å². The summed E-state index contributed by atoms with van der Waals surface area (Å²) >= 11 is 4.91. The summed E-state index contributed by atoms with van der Waals surface area (Å²) in [5.74, 6) is 0. The first kappa shape index (κ1) is 10.8. The number of pyridine rings is 1. The molecule has 0 atom stereocenters. The maximum atomic E-state index is 4.22. The van der Waals surface area contributed by atoms with Crippen LogP contribution in [-0.4, -0.2) is 23.4 Å². The lowest BCUT2D eigenvalue weighted by Gasteiger charge is -2.11. The number of nitrogens with zero attached hydrogens (tertiary/aromatic N) is 2. The van der Waals surface area contributed by atoms with Crippen LogP contribution in [0.5, 0.6) is 0 Å². The van der Waals surface area contributed by atoms with E-state index >= 15 is 0 Å². The summed E-state index contributed by atoms with van der Waals surface area (Å²) in [6, 6.07) is 2.01. The standard InChI is InChI=1S/C8H12BrN3S/c1-6-8(11-13-12(2)3)4-7(9)5-10-6/h4-5,11H,1-3H3. The highest BCUT2D eigenvalue weighted by molar-refractivity contribution is 9.10. The molecule has 1 aromatic rings. The van der Waals surface area contributed by atoms with Crippen LogP contribution < -0.4 is 4.72 Å². The van der Waals surface area contributed by atoms with Gasteiger partial charge in [0.2, 0.25) is 0 Å². The number of rotatable bonds is 3. The predicted octanol–water partition coefficient (Wildman–Crippen LogP) is 2.69. The molecule has 5 heteroatoms. The van der Waals surface area contributed by atoms with Gasteiger partial charge in [0.15, 0.2) is 0 Å². The molecule has 0 amide bonds. The van der Waals surface area contributed by atoms with Gasteiger partial charge in [-0.2, -0.15) is 0 Å². The van der Waals surface area contributed by atoms with E-state index in [9.17, 15) is 0 Å². The summed E-state index contributed by atoms with van der Waals surface area (Å²) in [7, 11) is 3.97. The Hall–Kier alpha value is -0.260. The summed E-state index contributed by atoms with van der Waals surface area (Å²) in [5.41, 5.74) is 2.03. The van der Waals surface area contributed by atoms with Crippen molar-refractivity contribution in [3.63, 3.8) is 0 Å². The summed E-state index contributed by atoms with van der Waals surface area (Å²) in [5, 5.41) is 0. The largest absolute Gasteiger partial charge is 0.315 e. The number of aryl methyl sites for hydroxylation is 1. The molecular weight excluding hydrogens is 250 g/mol. The molecule has 0 saturated carbocycles. The lowest BCUT2D eigenvalue weighted by Crippen LogP contribution is -2.05. The van der Waals surface area contributed by atoms with E-state index in [0.717, 1.165) is 15.9 Å². The molecule has 0 aliphatic heterocycles. The van der Waals surface area contributed by atoms with Crippen LogP contribution in [0.4, 0.5) is 5.69 Å². The molecule has 0 spiro atoms. The van der Waals surface area contributed by atoms with Gasteiger partial charge in [-0.3, -0.25) is 4.98 Å². The van der Waals surface area contributed by atoms with E-state index in [0.29, 0.717) is 0 Å². The molecule has 0 aliphatic rings. The molecule has 0 radical (unpaired) electrons. The van der Waals surface area contributed by atoms with Gasteiger partial charge < -0.3 is 4.72 Å². The van der Waals surface area contributed by atoms with Crippen molar-refractivity contribution >= 4 is 33.8 Å². The molecule has 72 valence electrons. The molecule has 0 aliphatic carbocycles. The zero-order chi connectivity index (χ0) is 9.84. The van der Waals surface area contributed by atoms with Crippen molar-refractivity contribution < 1.29 is 0 Å². The molecule has 0 unspecified atom stereocenters. The third-order valence-corrected chi connectivity index (χ3v) is 2.50. The van der Waals surface area contributed by atoms with Gasteiger partial charge in [-0.05, 0) is 43.0 Å². The lowest BCUT2D eigenvalue weighted by molar-refractivity contribution is 0.706. The van der Waals surface area contributed by atoms with Crippen LogP contribution in [0.3, 0.4) is 0 Å². The number of aromatic nitrogens is 1. The Kier molecular flexibility index (Phi) is 4.02. The van der Waals surface area contributed by atoms with Crippen molar-refractivity contribution in [1.29, 1.82) is 0 Å². The fourth-order valence-corrected chi connectivity index (χ4v) is 1.57. The van der Waals surface area contributed by atoms with Gasteiger partial charge in [0.1, 0.15) is 0 Å². The van der Waals surface area contributed by atoms with Gasteiger partial charge in [-0.15, -0.1) is 0 Å². The van der Waals surface area contributed by atoms with E-state index in [1.54, 1.807) is 6.20 Å². The first-order valence-electron chi connectivity index (χ1n) is 3.82. The fourth-order valence-electron chi connectivity index (χ4n) is 0.751. The van der Waals surface area contributed by atoms with Crippen LogP contribution in [0, 0.1) is 6.92 Å². The van der Waals surface area contributed by atoms with Crippen LogP contribution in [0.2, 0.25) is 0 Å². The minimum atomic E-state index is 0.986. The SMILES string of the molecule is Cc1ncc(Br)cc1NSN(C)C. The highest BCUT2D eigenvalue weighted by Gasteiger charge is 2.00. The normalized spacial score (nSPS) is 10.5. The van der Waals surface area contributed by atoms with Crippen LogP contribution in [0.15, 0.2) is 16.7 Å². The summed E-state index contributed by atoms with van der Waals surface area (Å²) in [6.07, 6.45) is 1.79. The Morgan fingerprint density at radius 3 is 2.85 bits per heavy atom. The molecule has 1 heterocycles. The Morgan fingerprint density at radius 1 is 1.54 bits per heavy atom. The van der Waals surface area contributed by atoms with Crippen molar-refractivity contribution in [2.45, 2.75) is 6.92 Å². The van der Waals surface area contributed by atoms with Crippen LogP contribution >= 0.6 is 28.1 Å². The second-order valence-corrected chi connectivity index (χ2v) is 4.82. The van der Waals surface area contributed by atoms with Crippen molar-refractivity contribution in [2.24, 2.45) is 0 Å². The molecule has 13 heavy (non-hydrogen) atoms. The zero-order valence-electron chi connectivity index (χ0n) is 7.84. The van der Waals surface area contributed by atoms with Crippen molar-refractivity contribution in [1.82, 2.24) is 9.29 Å². The minimum Gasteiger partial charge on any atom is -0.315 e.